The molecule has 1 aliphatic rings. The molecule has 1 N–H and O–H groups in total. The summed E-state index contributed by atoms with van der Waals surface area (Å²) in [5, 5.41) is 3.14. The zero-order valence-electron chi connectivity index (χ0n) is 15.8. The topological polar surface area (TPSA) is 51.2 Å². The largest absolute Gasteiger partial charge is 0.365 e. The van der Waals surface area contributed by atoms with E-state index in [-0.39, 0.29) is 18.1 Å². The van der Waals surface area contributed by atoms with E-state index >= 15 is 0 Å². The molecule has 1 saturated carbocycles. The Kier molecular flexibility index (Phi) is 6.39. The second-order valence-corrected chi connectivity index (χ2v) is 7.73. The third-order valence-corrected chi connectivity index (χ3v) is 4.98. The summed E-state index contributed by atoms with van der Waals surface area (Å²) in [5.41, 5.74) is 1.51. The van der Waals surface area contributed by atoms with Gasteiger partial charge in [-0.1, -0.05) is 32.8 Å². The number of ether oxygens (including phenoxy) is 1. The Morgan fingerprint density at radius 3 is 2.75 bits per heavy atom. The van der Waals surface area contributed by atoms with Crippen molar-refractivity contribution >= 4 is 5.91 Å². The van der Waals surface area contributed by atoms with Crippen LogP contribution in [0.3, 0.4) is 0 Å². The average Bonchev–Trinajstić information content (AvgIpc) is 2.52. The van der Waals surface area contributed by atoms with E-state index in [0.717, 1.165) is 24.1 Å². The molecule has 0 aromatic carbocycles. The maximum Gasteiger partial charge on any atom is 0.249 e. The van der Waals surface area contributed by atoms with Crippen molar-refractivity contribution in [3.8, 4) is 0 Å². The highest BCUT2D eigenvalue weighted by Gasteiger charge is 2.30. The highest BCUT2D eigenvalue weighted by Crippen LogP contribution is 2.27. The van der Waals surface area contributed by atoms with Crippen molar-refractivity contribution in [2.24, 2.45) is 5.92 Å². The van der Waals surface area contributed by atoms with Gasteiger partial charge in [0.2, 0.25) is 5.91 Å². The van der Waals surface area contributed by atoms with Crippen LogP contribution in [0.1, 0.15) is 71.1 Å². The minimum absolute atomic E-state index is 0.0266. The summed E-state index contributed by atoms with van der Waals surface area (Å²) in [6, 6.07) is 3.99. The van der Waals surface area contributed by atoms with Gasteiger partial charge in [-0.25, -0.2) is 0 Å². The summed E-state index contributed by atoms with van der Waals surface area (Å²) in [5.74, 6) is 0.667. The van der Waals surface area contributed by atoms with E-state index in [1.807, 2.05) is 46.0 Å². The lowest BCUT2D eigenvalue weighted by atomic mass is 9.88. The summed E-state index contributed by atoms with van der Waals surface area (Å²) in [7, 11) is 0. The van der Waals surface area contributed by atoms with Gasteiger partial charge in [-0.15, -0.1) is 0 Å². The molecule has 1 aromatic heterocycles. The summed E-state index contributed by atoms with van der Waals surface area (Å²) in [4.78, 5) is 17.1. The lowest BCUT2D eigenvalue weighted by Gasteiger charge is -2.32. The van der Waals surface area contributed by atoms with Crippen LogP contribution in [-0.2, 0) is 15.1 Å². The minimum atomic E-state index is -0.464. The fourth-order valence-corrected chi connectivity index (χ4v) is 3.38. The molecule has 0 saturated heterocycles. The summed E-state index contributed by atoms with van der Waals surface area (Å²) < 4.78 is 6.15. The van der Waals surface area contributed by atoms with Gasteiger partial charge in [0.05, 0.1) is 11.6 Å². The Morgan fingerprint density at radius 1 is 1.42 bits per heavy atom. The molecule has 24 heavy (non-hydrogen) atoms. The molecule has 4 heteroatoms. The first-order valence-corrected chi connectivity index (χ1v) is 9.22. The smallest absolute Gasteiger partial charge is 0.249 e. The van der Waals surface area contributed by atoms with Crippen molar-refractivity contribution in [2.45, 2.75) is 84.5 Å². The Bertz CT molecular complexity index is 539. The third kappa shape index (κ3) is 5.04. The van der Waals surface area contributed by atoms with Gasteiger partial charge in [-0.05, 0) is 57.6 Å². The van der Waals surface area contributed by atoms with Crippen molar-refractivity contribution in [1.29, 1.82) is 0 Å². The van der Waals surface area contributed by atoms with Crippen LogP contribution in [0.4, 0.5) is 0 Å². The van der Waals surface area contributed by atoms with Gasteiger partial charge in [0.25, 0.3) is 0 Å². The average molecular weight is 332 g/mol. The molecule has 1 aromatic rings. The number of carbonyl (C=O) groups is 1. The number of pyridine rings is 1. The molecular formula is C20H32N2O2. The molecule has 2 rings (SSSR count). The molecule has 4 nitrogen and oxygen atoms in total. The zero-order chi connectivity index (χ0) is 17.7. The Morgan fingerprint density at radius 2 is 2.17 bits per heavy atom. The van der Waals surface area contributed by atoms with E-state index in [0.29, 0.717) is 12.3 Å². The normalized spacial score (nSPS) is 22.9. The standard InChI is InChI=1S/C20H32N2O2/c1-6-18(24-17-9-7-8-14(2)12-17)19(23)22-20(4,5)16-11-10-15(3)21-13-16/h10-11,13-14,17-18H,6-9,12H2,1-5H3,(H,22,23). The number of rotatable bonds is 6. The lowest BCUT2D eigenvalue weighted by Crippen LogP contribution is -2.47. The first kappa shape index (κ1) is 18.9. The number of carbonyl (C=O) groups excluding carboxylic acids is 1. The third-order valence-electron chi connectivity index (χ3n) is 4.98. The van der Waals surface area contributed by atoms with Gasteiger partial charge in [0.15, 0.2) is 0 Å². The lowest BCUT2D eigenvalue weighted by molar-refractivity contribution is -0.140. The molecule has 0 radical (unpaired) electrons. The minimum Gasteiger partial charge on any atom is -0.365 e. The number of aromatic nitrogens is 1. The number of aryl methyl sites for hydroxylation is 1. The molecule has 0 aliphatic heterocycles. The molecule has 1 aliphatic carbocycles. The van der Waals surface area contributed by atoms with Gasteiger partial charge < -0.3 is 10.1 Å². The van der Waals surface area contributed by atoms with Crippen LogP contribution in [0.25, 0.3) is 0 Å². The predicted octanol–water partition coefficient (Wildman–Crippen LogP) is 4.12. The molecule has 3 unspecified atom stereocenters. The van der Waals surface area contributed by atoms with Gasteiger partial charge in [-0.3, -0.25) is 9.78 Å². The van der Waals surface area contributed by atoms with E-state index in [9.17, 15) is 4.79 Å². The van der Waals surface area contributed by atoms with Crippen molar-refractivity contribution < 1.29 is 9.53 Å². The van der Waals surface area contributed by atoms with Crippen molar-refractivity contribution in [2.75, 3.05) is 0 Å². The summed E-state index contributed by atoms with van der Waals surface area (Å²) in [6.07, 6.45) is 6.97. The van der Waals surface area contributed by atoms with Crippen LogP contribution < -0.4 is 5.32 Å². The van der Waals surface area contributed by atoms with E-state index in [2.05, 4.69) is 17.2 Å². The fraction of sp³-hybridized carbons (Fsp3) is 0.700. The van der Waals surface area contributed by atoms with E-state index in [1.54, 1.807) is 0 Å². The summed E-state index contributed by atoms with van der Waals surface area (Å²) >= 11 is 0. The van der Waals surface area contributed by atoms with Crippen LogP contribution in [0.2, 0.25) is 0 Å². The molecule has 1 amide bonds. The van der Waals surface area contributed by atoms with Crippen LogP contribution >= 0.6 is 0 Å². The Hall–Kier alpha value is -1.42. The molecular weight excluding hydrogens is 300 g/mol. The van der Waals surface area contributed by atoms with Crippen LogP contribution in [0.5, 0.6) is 0 Å². The Labute approximate surface area is 146 Å². The molecule has 0 spiro atoms. The first-order chi connectivity index (χ1) is 11.3. The monoisotopic (exact) mass is 332 g/mol. The quantitative estimate of drug-likeness (QED) is 0.852. The number of nitrogens with zero attached hydrogens (tertiary/aromatic N) is 1. The first-order valence-electron chi connectivity index (χ1n) is 9.22. The van der Waals surface area contributed by atoms with E-state index in [1.165, 1.54) is 12.8 Å². The highest BCUT2D eigenvalue weighted by atomic mass is 16.5. The number of nitrogens with one attached hydrogen (secondary N) is 1. The summed E-state index contributed by atoms with van der Waals surface area (Å²) in [6.45, 7) is 10.3. The van der Waals surface area contributed by atoms with E-state index < -0.39 is 5.54 Å². The van der Waals surface area contributed by atoms with Crippen molar-refractivity contribution in [3.05, 3.63) is 29.6 Å². The second kappa shape index (κ2) is 8.11. The van der Waals surface area contributed by atoms with Crippen LogP contribution in [-0.4, -0.2) is 23.1 Å². The highest BCUT2D eigenvalue weighted by molar-refractivity contribution is 5.81. The maximum absolute atomic E-state index is 12.7. The number of amides is 1. The number of hydrogen-bond donors (Lipinski definition) is 1. The number of hydrogen-bond acceptors (Lipinski definition) is 3. The SMILES string of the molecule is CCC(OC1CCCC(C)C1)C(=O)NC(C)(C)c1ccc(C)nc1. The van der Waals surface area contributed by atoms with Crippen LogP contribution in [0, 0.1) is 12.8 Å². The fourth-order valence-electron chi connectivity index (χ4n) is 3.38. The van der Waals surface area contributed by atoms with Gasteiger partial charge in [0, 0.05) is 11.9 Å². The van der Waals surface area contributed by atoms with Crippen molar-refractivity contribution in [3.63, 3.8) is 0 Å². The molecule has 1 heterocycles. The van der Waals surface area contributed by atoms with Gasteiger partial charge >= 0.3 is 0 Å². The van der Waals surface area contributed by atoms with E-state index in [4.69, 9.17) is 4.74 Å². The van der Waals surface area contributed by atoms with Gasteiger partial charge in [-0.2, -0.15) is 0 Å². The molecule has 1 fully saturated rings. The Balaban J connectivity index is 1.98. The zero-order valence-corrected chi connectivity index (χ0v) is 15.8. The van der Waals surface area contributed by atoms with Crippen molar-refractivity contribution in [1.82, 2.24) is 10.3 Å². The molecule has 0 bridgehead atoms. The predicted molar refractivity (Wildman–Crippen MR) is 96.7 cm³/mol. The molecule has 3 atom stereocenters. The van der Waals surface area contributed by atoms with Gasteiger partial charge in [0.1, 0.15) is 6.10 Å². The second-order valence-electron chi connectivity index (χ2n) is 7.73. The maximum atomic E-state index is 12.7. The molecule has 134 valence electrons. The van der Waals surface area contributed by atoms with Crippen LogP contribution in [0.15, 0.2) is 18.3 Å².